The van der Waals surface area contributed by atoms with Crippen LogP contribution < -0.4 is 16.6 Å². The van der Waals surface area contributed by atoms with E-state index in [9.17, 15) is 36.5 Å². The number of benzene rings is 10. The van der Waals surface area contributed by atoms with Crippen molar-refractivity contribution in [1.29, 1.82) is 0 Å². The van der Waals surface area contributed by atoms with Crippen LogP contribution in [-0.2, 0) is 23.4 Å². The van der Waals surface area contributed by atoms with Gasteiger partial charge in [-0.05, 0) is 101 Å². The van der Waals surface area contributed by atoms with Gasteiger partial charge in [0.15, 0.2) is 34.5 Å². The number of ketones is 1. The zero-order valence-corrected chi connectivity index (χ0v) is 69.0. The van der Waals surface area contributed by atoms with Crippen LogP contribution in [0.4, 0.5) is 27.6 Å². The first-order valence-electron chi connectivity index (χ1n) is 34.1. The van der Waals surface area contributed by atoms with Gasteiger partial charge >= 0.3 is 13.1 Å². The number of ether oxygens (including phenoxy) is 1. The third kappa shape index (κ3) is 22.9. The predicted octanol–water partition coefficient (Wildman–Crippen LogP) is 25.6. The molecule has 1 fully saturated rings. The first-order valence-corrected chi connectivity index (χ1v) is 43.2. The lowest BCUT2D eigenvalue weighted by Crippen LogP contribution is -2.41. The molecule has 4 aromatic heterocycles. The van der Waals surface area contributed by atoms with Gasteiger partial charge in [-0.15, -0.1) is 0 Å². The summed E-state index contributed by atoms with van der Waals surface area (Å²) >= 11 is 34.4. The van der Waals surface area contributed by atoms with Crippen LogP contribution >= 0.6 is 112 Å². The van der Waals surface area contributed by atoms with Gasteiger partial charge in [0.1, 0.15) is 28.8 Å². The van der Waals surface area contributed by atoms with Crippen molar-refractivity contribution >= 4 is 186 Å². The summed E-state index contributed by atoms with van der Waals surface area (Å²) in [6, 6.07) is 70.7. The number of nitrogens with two attached hydrogens (primary N) is 1. The second-order valence-electron chi connectivity index (χ2n) is 24.6. The number of nitrogens with zero attached hydrogens (tertiary/aromatic N) is 3. The topological polar surface area (TPSA) is 176 Å². The summed E-state index contributed by atoms with van der Waals surface area (Å²) in [7, 11) is -0.809. The number of esters is 1. The molecular formula is C83H64BBr4Cl4F5N5O7P. The van der Waals surface area contributed by atoms with Crippen molar-refractivity contribution < 1.29 is 52.9 Å². The smallest absolute Gasteiger partial charge is 0.466 e. The molecule has 0 spiro atoms. The number of hydrogen-bond acceptors (Lipinski definition) is 11. The molecule has 0 unspecified atom stereocenters. The Balaban J connectivity index is 0.000000156. The fourth-order valence-electron chi connectivity index (χ4n) is 10.4. The minimum Gasteiger partial charge on any atom is -0.466 e. The number of pyridine rings is 4. The average Bonchev–Trinajstić information content (AvgIpc) is 1.62. The Hall–Kier alpha value is -8.48. The molecule has 10 aromatic carbocycles. The first-order chi connectivity index (χ1) is 53.1. The zero-order valence-electron chi connectivity index (χ0n) is 60.7. The minimum atomic E-state index is -2.20. The summed E-state index contributed by atoms with van der Waals surface area (Å²) in [5.74, 6) is -3.39. The highest BCUT2D eigenvalue weighted by molar-refractivity contribution is 9.94. The third-order valence-corrected chi connectivity index (χ3v) is 18.4. The van der Waals surface area contributed by atoms with E-state index < -0.39 is 56.6 Å². The number of H-pyrrole nitrogens is 1. The maximum atomic E-state index is 15.4. The SMILES string of the molecule is CCOC(=O)CC(=O)c1ccccc1.Fc1c(Cl)ccc2c(Br)cc(-c3ccccc3)nc12.Nc1cccc(Cl)c1F.O=P(Br)(Br)Br.O=c1cc(-c2ccccc2)[nH]c2c(F)c(Cl)ccc12.[2H]c1cc(-c2ccccc2)nc2c(F)c(B3OC(C)(C)C(C)(C)O3)ccc12.[2H]c1cc(-c2ccccc2)nc2c(F)c(Cl)ccc12. The zero-order chi connectivity index (χ0) is 81.4. The normalized spacial score (nSPS) is 12.7. The number of rotatable bonds is 9. The third-order valence-electron chi connectivity index (χ3n) is 16.6. The van der Waals surface area contributed by atoms with Crippen molar-refractivity contribution in [1.82, 2.24) is 19.9 Å². The van der Waals surface area contributed by atoms with Gasteiger partial charge in [-0.1, -0.05) is 250 Å². The molecule has 0 saturated carbocycles. The Morgan fingerprint density at radius 2 is 0.945 bits per heavy atom. The Morgan fingerprint density at radius 3 is 1.44 bits per heavy atom. The second kappa shape index (κ2) is 39.1. The van der Waals surface area contributed by atoms with Gasteiger partial charge in [0, 0.05) is 112 Å². The molecule has 15 rings (SSSR count). The summed E-state index contributed by atoms with van der Waals surface area (Å²) in [5, 5.41) is 2.09. The van der Waals surface area contributed by atoms with Gasteiger partial charge in [-0.3, -0.25) is 18.9 Å². The van der Waals surface area contributed by atoms with E-state index in [4.69, 9.17) is 64.2 Å². The van der Waals surface area contributed by atoms with Gasteiger partial charge in [0.05, 0.1) is 68.9 Å². The van der Waals surface area contributed by atoms with E-state index in [0.717, 1.165) is 26.7 Å². The first kappa shape index (κ1) is 82.5. The van der Waals surface area contributed by atoms with Crippen LogP contribution in [0.5, 0.6) is 0 Å². The molecular weight excluding hydrogens is 1780 g/mol. The predicted molar refractivity (Wildman–Crippen MR) is 452 cm³/mol. The maximum Gasteiger partial charge on any atom is 0.497 e. The molecule has 0 amide bonds. The van der Waals surface area contributed by atoms with Crippen LogP contribution in [0.3, 0.4) is 0 Å². The number of fused-ring (bicyclic) bond motifs is 4. The molecule has 0 aliphatic carbocycles. The largest absolute Gasteiger partial charge is 0.497 e. The Morgan fingerprint density at radius 1 is 0.527 bits per heavy atom. The Labute approximate surface area is 686 Å². The lowest BCUT2D eigenvalue weighted by molar-refractivity contribution is -0.141. The van der Waals surface area contributed by atoms with E-state index in [1.165, 1.54) is 42.5 Å². The monoisotopic (exact) mass is 1840 g/mol. The number of halogens is 13. The van der Waals surface area contributed by atoms with Gasteiger partial charge < -0.3 is 24.8 Å². The lowest BCUT2D eigenvalue weighted by atomic mass is 9.78. The van der Waals surface area contributed by atoms with Gasteiger partial charge in [0.25, 0.3) is 3.25 Å². The second-order valence-corrected chi connectivity index (χ2v) is 45.5. The molecule has 14 aromatic rings. The van der Waals surface area contributed by atoms with E-state index >= 15 is 4.39 Å². The van der Waals surface area contributed by atoms with Crippen molar-refractivity contribution in [2.24, 2.45) is 0 Å². The highest BCUT2D eigenvalue weighted by Crippen LogP contribution is 2.68. The molecule has 0 atom stereocenters. The number of hydrogen-bond donors (Lipinski definition) is 2. The summed E-state index contributed by atoms with van der Waals surface area (Å²) < 4.78 is 111. The fraction of sp³-hybridized carbons (Fsp3) is 0.108. The molecule has 27 heteroatoms. The highest BCUT2D eigenvalue weighted by Gasteiger charge is 2.52. The van der Waals surface area contributed by atoms with Gasteiger partial charge in [-0.2, -0.15) is 0 Å². The minimum absolute atomic E-state index is 0.00615. The molecule has 1 saturated heterocycles. The van der Waals surface area contributed by atoms with Crippen molar-refractivity contribution in [3.63, 3.8) is 0 Å². The van der Waals surface area contributed by atoms with Crippen molar-refractivity contribution in [2.75, 3.05) is 12.3 Å². The molecule has 5 heterocycles. The Bertz CT molecular complexity index is 5660. The number of Topliss-reactive ketones (excluding diaryl/α,β-unsaturated/α-hetero) is 1. The van der Waals surface area contributed by atoms with E-state index in [0.29, 0.717) is 62.0 Å². The molecule has 0 radical (unpaired) electrons. The molecule has 1 aliphatic rings. The fourth-order valence-corrected chi connectivity index (χ4v) is 11.6. The Kier molecular flexibility index (Phi) is 29.3. The van der Waals surface area contributed by atoms with Crippen molar-refractivity contribution in [3.05, 3.63) is 324 Å². The summed E-state index contributed by atoms with van der Waals surface area (Å²) in [6.07, 6.45) is -0.183. The molecule has 110 heavy (non-hydrogen) atoms. The van der Waals surface area contributed by atoms with Crippen LogP contribution in [0.1, 0.15) is 54.1 Å². The molecule has 562 valence electrons. The van der Waals surface area contributed by atoms with Crippen molar-refractivity contribution in [2.45, 2.75) is 52.2 Å². The van der Waals surface area contributed by atoms with Gasteiger partial charge in [-0.25, -0.2) is 36.9 Å². The lowest BCUT2D eigenvalue weighted by Gasteiger charge is -2.32. The van der Waals surface area contributed by atoms with Crippen molar-refractivity contribution in [3.8, 4) is 45.0 Å². The van der Waals surface area contributed by atoms with Crippen LogP contribution in [0.25, 0.3) is 88.6 Å². The quantitative estimate of drug-likeness (QED) is 0.0267. The number of anilines is 1. The molecule has 0 bridgehead atoms. The number of nitrogens with one attached hydrogen (secondary N) is 1. The molecule has 1 aliphatic heterocycles. The number of aromatic amines is 1. The molecule has 12 nitrogen and oxygen atoms in total. The van der Waals surface area contributed by atoms with Gasteiger partial charge in [0.2, 0.25) is 0 Å². The molecule has 3 N–H and O–H groups in total. The van der Waals surface area contributed by atoms with Crippen LogP contribution in [0.15, 0.2) is 264 Å². The van der Waals surface area contributed by atoms with Crippen LogP contribution in [0.2, 0.25) is 20.1 Å². The van der Waals surface area contributed by atoms with E-state index in [2.05, 4.69) is 87.1 Å². The van der Waals surface area contributed by atoms with E-state index in [1.54, 1.807) is 73.7 Å². The highest BCUT2D eigenvalue weighted by atomic mass is 80.0. The number of carbonyl (C=O) groups excluding carboxylic acids is 2. The summed E-state index contributed by atoms with van der Waals surface area (Å²) in [6.45, 7) is 9.74. The van der Waals surface area contributed by atoms with E-state index in [1.807, 2.05) is 161 Å². The van der Waals surface area contributed by atoms with Crippen LogP contribution in [0, 0.1) is 29.1 Å². The average molecular weight is 1840 g/mol. The number of carbonyl (C=O) groups is 2. The number of nitrogen functional groups attached to an aromatic ring is 1. The summed E-state index contributed by atoms with van der Waals surface area (Å²) in [5.41, 5.74) is 11.3. The standard InChI is InChI=1S/C21H21BFNO2.C15H8BrClFN.C15H9ClFNO.C15H9ClFN.C11H12O3.C6H5ClFN.Br3OP/c1-20(2)21(3,4)26-22(25-20)16-12-10-15-11-13-17(24-19(15)18(16)23)14-8-6-5-7-9-14;16-11-8-13(9-4-2-1-3-5-9)19-15-10(11)6-7-12(17)14(15)18;16-11-7-6-10-13(19)8-12(18-15(10)14(11)17)9-4-2-1-3-5-9;16-12-8-6-11-7-9-13(18-15(11)14(12)17)10-4-2-1-3-5-10;1-2-14-11(13)8-10(12)9-6-4-3-5-7-9;7-4-2-1-3-5(9)6(4)8;1-5(2,3)4/h5-13H,1-4H3;1-8H;1-8H,(H,18,19);1-9H;3-7H,2,8H2,1H3;1-3H,9H2;/i11D;;;7D;;;. The maximum absolute atomic E-state index is 15.4. The van der Waals surface area contributed by atoms with E-state index in [-0.39, 0.29) is 77.6 Å². The summed E-state index contributed by atoms with van der Waals surface area (Å²) in [4.78, 5) is 50.5. The van der Waals surface area contributed by atoms with Crippen LogP contribution in [-0.4, -0.2) is 56.6 Å². The number of aromatic nitrogens is 4.